The van der Waals surface area contributed by atoms with Gasteiger partial charge in [-0.15, -0.1) is 6.42 Å². The molecule has 0 aromatic heterocycles. The second-order valence-corrected chi connectivity index (χ2v) is 4.87. The number of nitrogen functional groups attached to an aromatic ring is 1. The summed E-state index contributed by atoms with van der Waals surface area (Å²) in [5.74, 6) is 2.07. The Labute approximate surface area is 154 Å². The number of nitrogens with two attached hydrogens (primary N) is 3. The van der Waals surface area contributed by atoms with Crippen LogP contribution in [0.1, 0.15) is 21.5 Å². The zero-order chi connectivity index (χ0) is 21.0. The number of hydrogen-bond donors (Lipinski definition) is 5. The van der Waals surface area contributed by atoms with Crippen LogP contribution in [0.2, 0.25) is 0 Å². The third-order valence-electron chi connectivity index (χ3n) is 2.78. The van der Waals surface area contributed by atoms with Crippen molar-refractivity contribution in [2.45, 2.75) is 6.18 Å². The summed E-state index contributed by atoms with van der Waals surface area (Å²) in [4.78, 5) is 10.5. The fourth-order valence-corrected chi connectivity index (χ4v) is 1.41. The predicted molar refractivity (Wildman–Crippen MR) is 98.4 cm³/mol. The van der Waals surface area contributed by atoms with Crippen molar-refractivity contribution in [1.29, 1.82) is 5.41 Å². The molecule has 9 heteroatoms. The number of nitrogens with one attached hydrogen (secondary N) is 1. The number of phenols is 1. The van der Waals surface area contributed by atoms with Gasteiger partial charge in [-0.2, -0.15) is 13.2 Å². The molecule has 0 fully saturated rings. The number of rotatable bonds is 2. The molecule has 0 atom stereocenters. The van der Waals surface area contributed by atoms with Gasteiger partial charge in [0.15, 0.2) is 0 Å². The van der Waals surface area contributed by atoms with Crippen molar-refractivity contribution in [3.63, 3.8) is 0 Å². The molecule has 0 bridgehead atoms. The molecule has 2 rings (SSSR count). The summed E-state index contributed by atoms with van der Waals surface area (Å²) in [6.45, 7) is -1.23. The van der Waals surface area contributed by atoms with Crippen molar-refractivity contribution < 1.29 is 23.1 Å². The minimum absolute atomic E-state index is 0.0824. The molecule has 27 heavy (non-hydrogen) atoms. The number of primary amides is 1. The molecular formula is C18H19F3N4O2. The zero-order valence-electron chi connectivity index (χ0n) is 14.1. The number of alkyl halides is 3. The number of benzene rings is 2. The first-order valence-electron chi connectivity index (χ1n) is 7.26. The molecular weight excluding hydrogens is 361 g/mol. The maximum absolute atomic E-state index is 10.7. The van der Waals surface area contributed by atoms with Crippen LogP contribution in [-0.2, 0) is 0 Å². The molecule has 2 aromatic carbocycles. The first-order chi connectivity index (χ1) is 12.5. The van der Waals surface area contributed by atoms with Gasteiger partial charge in [0, 0.05) is 28.6 Å². The van der Waals surface area contributed by atoms with Gasteiger partial charge >= 0.3 is 6.18 Å². The molecule has 6 nitrogen and oxygen atoms in total. The highest BCUT2D eigenvalue weighted by molar-refractivity contribution is 5.93. The monoisotopic (exact) mass is 380 g/mol. The number of carbonyl (C=O) groups is 1. The largest absolute Gasteiger partial charge is 0.507 e. The van der Waals surface area contributed by atoms with Crippen LogP contribution in [0.3, 0.4) is 0 Å². The van der Waals surface area contributed by atoms with Gasteiger partial charge < -0.3 is 27.7 Å². The summed E-state index contributed by atoms with van der Waals surface area (Å²) in [6, 6.07) is 11.2. The lowest BCUT2D eigenvalue weighted by molar-refractivity contribution is -0.118. The first kappa shape index (κ1) is 23.5. The van der Waals surface area contributed by atoms with Crippen molar-refractivity contribution in [3.8, 4) is 18.1 Å². The standard InChI is InChI=1S/C9H7NO.C7H8N2O.C2H4F3N/c1-2-7-3-4-9(11)8(5-7)6-10;8-6-3-1-5(2-4-6)7(9)10;3-2(4,5)1-6/h1,3-6,10-11H;1-4H,8H2,(H2,9,10);1,6H2. The number of halogens is 3. The van der Waals surface area contributed by atoms with Gasteiger partial charge in [-0.05, 0) is 42.5 Å². The third-order valence-corrected chi connectivity index (χ3v) is 2.78. The number of anilines is 1. The second-order valence-electron chi connectivity index (χ2n) is 4.87. The predicted octanol–water partition coefficient (Wildman–Crippen LogP) is 2.25. The van der Waals surface area contributed by atoms with Crippen LogP contribution < -0.4 is 17.2 Å². The van der Waals surface area contributed by atoms with Gasteiger partial charge in [-0.25, -0.2) is 0 Å². The summed E-state index contributed by atoms with van der Waals surface area (Å²) in [7, 11) is 0. The van der Waals surface area contributed by atoms with Crippen LogP contribution in [0.5, 0.6) is 5.75 Å². The van der Waals surface area contributed by atoms with Crippen molar-refractivity contribution in [1.82, 2.24) is 0 Å². The van der Waals surface area contributed by atoms with E-state index in [0.717, 1.165) is 6.21 Å². The van der Waals surface area contributed by atoms with E-state index in [2.05, 4.69) is 11.7 Å². The van der Waals surface area contributed by atoms with Crippen LogP contribution in [0, 0.1) is 17.8 Å². The Kier molecular flexibility index (Phi) is 9.72. The van der Waals surface area contributed by atoms with Crippen molar-refractivity contribution >= 4 is 17.8 Å². The minimum atomic E-state index is -4.18. The molecule has 0 saturated heterocycles. The number of amides is 1. The van der Waals surface area contributed by atoms with E-state index in [1.165, 1.54) is 6.07 Å². The molecule has 0 spiro atoms. The van der Waals surface area contributed by atoms with Crippen molar-refractivity contribution in [2.24, 2.45) is 11.5 Å². The fraction of sp³-hybridized carbons (Fsp3) is 0.111. The van der Waals surface area contributed by atoms with Gasteiger partial charge in [-0.3, -0.25) is 4.79 Å². The summed E-state index contributed by atoms with van der Waals surface area (Å²) in [5.41, 5.74) is 16.8. The van der Waals surface area contributed by atoms with Crippen LogP contribution >= 0.6 is 0 Å². The summed E-state index contributed by atoms with van der Waals surface area (Å²) in [5, 5.41) is 16.0. The van der Waals surface area contributed by atoms with E-state index in [1.54, 1.807) is 36.4 Å². The molecule has 8 N–H and O–H groups in total. The van der Waals surface area contributed by atoms with Crippen molar-refractivity contribution in [2.75, 3.05) is 12.3 Å². The SMILES string of the molecule is C#Cc1ccc(O)c(C=N)c1.NC(=O)c1ccc(N)cc1.NCC(F)(F)F. The normalized spacial score (nSPS) is 9.59. The number of carbonyl (C=O) groups excluding carboxylic acids is 1. The average Bonchev–Trinajstić information content (AvgIpc) is 2.63. The maximum atomic E-state index is 10.7. The van der Waals surface area contributed by atoms with Gasteiger partial charge in [0.05, 0.1) is 6.54 Å². The lowest BCUT2D eigenvalue weighted by Crippen LogP contribution is -2.21. The highest BCUT2D eigenvalue weighted by atomic mass is 19.4. The third kappa shape index (κ3) is 10.2. The maximum Gasteiger partial charge on any atom is 0.400 e. The number of phenolic OH excluding ortho intramolecular Hbond substituents is 1. The lowest BCUT2D eigenvalue weighted by atomic mass is 10.1. The van der Waals surface area contributed by atoms with Crippen LogP contribution in [0.25, 0.3) is 0 Å². The van der Waals surface area contributed by atoms with E-state index in [4.69, 9.17) is 28.4 Å². The fourth-order valence-electron chi connectivity index (χ4n) is 1.41. The van der Waals surface area contributed by atoms with E-state index in [1.807, 2.05) is 0 Å². The Bertz CT molecular complexity index is 798. The molecule has 1 amide bonds. The number of aromatic hydroxyl groups is 1. The number of hydrogen-bond acceptors (Lipinski definition) is 5. The zero-order valence-corrected chi connectivity index (χ0v) is 14.1. The van der Waals surface area contributed by atoms with Gasteiger partial charge in [-0.1, -0.05) is 5.92 Å². The van der Waals surface area contributed by atoms with E-state index in [0.29, 0.717) is 22.4 Å². The van der Waals surface area contributed by atoms with E-state index >= 15 is 0 Å². The summed E-state index contributed by atoms with van der Waals surface area (Å²) < 4.78 is 32.0. The molecule has 0 aliphatic carbocycles. The smallest absolute Gasteiger partial charge is 0.400 e. The van der Waals surface area contributed by atoms with E-state index < -0.39 is 18.6 Å². The highest BCUT2D eigenvalue weighted by Crippen LogP contribution is 2.15. The van der Waals surface area contributed by atoms with Crippen molar-refractivity contribution in [3.05, 3.63) is 59.2 Å². The molecule has 2 aromatic rings. The molecule has 144 valence electrons. The number of terminal acetylenes is 1. The topological polar surface area (TPSA) is 139 Å². The Morgan fingerprint density at radius 3 is 2.11 bits per heavy atom. The second kappa shape index (κ2) is 11.2. The van der Waals surface area contributed by atoms with E-state index in [9.17, 15) is 18.0 Å². The minimum Gasteiger partial charge on any atom is -0.507 e. The van der Waals surface area contributed by atoms with Crippen LogP contribution in [-0.4, -0.2) is 29.9 Å². The molecule has 0 saturated carbocycles. The quantitative estimate of drug-likeness (QED) is 0.310. The van der Waals surface area contributed by atoms with Gasteiger partial charge in [0.1, 0.15) is 5.75 Å². The summed E-state index contributed by atoms with van der Waals surface area (Å²) in [6.07, 6.45) is 2.00. The van der Waals surface area contributed by atoms with Gasteiger partial charge in [0.25, 0.3) is 0 Å². The van der Waals surface area contributed by atoms with Crippen LogP contribution in [0.15, 0.2) is 42.5 Å². The first-order valence-corrected chi connectivity index (χ1v) is 7.26. The molecule has 0 unspecified atom stereocenters. The average molecular weight is 380 g/mol. The molecule has 0 aliphatic rings. The molecule has 0 radical (unpaired) electrons. The van der Waals surface area contributed by atoms with Gasteiger partial charge in [0.2, 0.25) is 5.91 Å². The lowest BCUT2D eigenvalue weighted by Gasteiger charge is -1.97. The molecule has 0 heterocycles. The van der Waals surface area contributed by atoms with Crippen LogP contribution in [0.4, 0.5) is 18.9 Å². The van der Waals surface area contributed by atoms with E-state index in [-0.39, 0.29) is 5.75 Å². The summed E-state index contributed by atoms with van der Waals surface area (Å²) >= 11 is 0. The Hall–Kier alpha value is -3.51. The Morgan fingerprint density at radius 2 is 1.74 bits per heavy atom. The highest BCUT2D eigenvalue weighted by Gasteiger charge is 2.23. The Morgan fingerprint density at radius 1 is 1.22 bits per heavy atom. The molecule has 0 aliphatic heterocycles. The Balaban J connectivity index is 0.000000394.